The summed E-state index contributed by atoms with van der Waals surface area (Å²) in [5.74, 6) is -0.246. The normalized spacial score (nSPS) is 19.1. The van der Waals surface area contributed by atoms with E-state index in [0.29, 0.717) is 32.6 Å². The molecule has 108 valence electrons. The lowest BCUT2D eigenvalue weighted by molar-refractivity contribution is -0.138. The molecule has 6 nitrogen and oxygen atoms in total. The Morgan fingerprint density at radius 1 is 1.32 bits per heavy atom. The molecule has 0 aromatic carbocycles. The Morgan fingerprint density at radius 2 is 1.95 bits per heavy atom. The van der Waals surface area contributed by atoms with Crippen molar-refractivity contribution in [2.75, 3.05) is 26.2 Å². The van der Waals surface area contributed by atoms with E-state index in [-0.39, 0.29) is 24.1 Å². The molecule has 0 radical (unpaired) electrons. The van der Waals surface area contributed by atoms with Crippen LogP contribution < -0.4 is 5.32 Å². The molecular weight excluding hydrogens is 246 g/mol. The van der Waals surface area contributed by atoms with Crippen LogP contribution in [0, 0.1) is 0 Å². The first-order chi connectivity index (χ1) is 9.04. The first kappa shape index (κ1) is 15.6. The summed E-state index contributed by atoms with van der Waals surface area (Å²) in [6, 6.07) is -0.461. The molecule has 1 heterocycles. The summed E-state index contributed by atoms with van der Waals surface area (Å²) in [7, 11) is 0. The van der Waals surface area contributed by atoms with Crippen molar-refractivity contribution in [2.24, 2.45) is 0 Å². The lowest BCUT2D eigenvalue weighted by Crippen LogP contribution is -2.40. The van der Waals surface area contributed by atoms with E-state index in [1.165, 1.54) is 4.90 Å². The molecular formula is C13H23N3O3. The SMILES string of the molecule is CCN(CC)C(=O)CCNC1CC(=O)N(CC)C1=O. The number of rotatable bonds is 7. The Hall–Kier alpha value is -1.43. The molecule has 1 saturated heterocycles. The maximum absolute atomic E-state index is 11.8. The Labute approximate surface area is 114 Å². The second kappa shape index (κ2) is 7.23. The molecule has 0 aromatic rings. The zero-order valence-electron chi connectivity index (χ0n) is 11.9. The Morgan fingerprint density at radius 3 is 2.42 bits per heavy atom. The third-order valence-corrected chi connectivity index (χ3v) is 3.41. The highest BCUT2D eigenvalue weighted by Gasteiger charge is 2.36. The highest BCUT2D eigenvalue weighted by atomic mass is 16.2. The molecule has 3 amide bonds. The average Bonchev–Trinajstić information content (AvgIpc) is 2.65. The van der Waals surface area contributed by atoms with Crippen LogP contribution in [-0.2, 0) is 14.4 Å². The molecule has 6 heteroatoms. The van der Waals surface area contributed by atoms with Crippen molar-refractivity contribution in [3.05, 3.63) is 0 Å². The van der Waals surface area contributed by atoms with E-state index in [0.717, 1.165) is 0 Å². The molecule has 1 rings (SSSR count). The standard InChI is InChI=1S/C13H23N3O3/c1-4-15(5-2)11(17)7-8-14-10-9-12(18)16(6-3)13(10)19/h10,14H,4-9H2,1-3H3. The van der Waals surface area contributed by atoms with Gasteiger partial charge in [-0.05, 0) is 20.8 Å². The van der Waals surface area contributed by atoms with Gasteiger partial charge in [0.1, 0.15) is 0 Å². The van der Waals surface area contributed by atoms with Crippen LogP contribution in [0.5, 0.6) is 0 Å². The monoisotopic (exact) mass is 269 g/mol. The largest absolute Gasteiger partial charge is 0.343 e. The maximum Gasteiger partial charge on any atom is 0.246 e. The molecule has 0 bridgehead atoms. The van der Waals surface area contributed by atoms with Crippen molar-refractivity contribution in [2.45, 2.75) is 39.7 Å². The molecule has 1 fully saturated rings. The Kier molecular flexibility index (Phi) is 5.95. The fraction of sp³-hybridized carbons (Fsp3) is 0.769. The Balaban J connectivity index is 2.36. The first-order valence-corrected chi connectivity index (χ1v) is 6.90. The molecule has 1 aliphatic heterocycles. The van der Waals surface area contributed by atoms with Crippen LogP contribution in [0.4, 0.5) is 0 Å². The van der Waals surface area contributed by atoms with Crippen molar-refractivity contribution in [1.82, 2.24) is 15.1 Å². The van der Waals surface area contributed by atoms with E-state index in [4.69, 9.17) is 0 Å². The van der Waals surface area contributed by atoms with Crippen molar-refractivity contribution >= 4 is 17.7 Å². The number of hydrogen-bond acceptors (Lipinski definition) is 4. The van der Waals surface area contributed by atoms with Gasteiger partial charge in [-0.3, -0.25) is 19.3 Å². The van der Waals surface area contributed by atoms with Gasteiger partial charge in [0.25, 0.3) is 0 Å². The van der Waals surface area contributed by atoms with E-state index >= 15 is 0 Å². The predicted molar refractivity (Wildman–Crippen MR) is 71.3 cm³/mol. The summed E-state index contributed by atoms with van der Waals surface area (Å²) in [6.07, 6.45) is 0.553. The van der Waals surface area contributed by atoms with Crippen LogP contribution >= 0.6 is 0 Å². The van der Waals surface area contributed by atoms with E-state index in [1.54, 1.807) is 11.8 Å². The van der Waals surface area contributed by atoms with Crippen LogP contribution in [0.2, 0.25) is 0 Å². The molecule has 1 aliphatic rings. The van der Waals surface area contributed by atoms with Gasteiger partial charge in [0.2, 0.25) is 17.7 Å². The number of imide groups is 1. The van der Waals surface area contributed by atoms with E-state index in [2.05, 4.69) is 5.32 Å². The minimum absolute atomic E-state index is 0.0709. The third-order valence-electron chi connectivity index (χ3n) is 3.41. The van der Waals surface area contributed by atoms with Crippen molar-refractivity contribution < 1.29 is 14.4 Å². The highest BCUT2D eigenvalue weighted by Crippen LogP contribution is 2.12. The van der Waals surface area contributed by atoms with Gasteiger partial charge < -0.3 is 10.2 Å². The number of likely N-dealkylation sites (tertiary alicyclic amines) is 1. The number of hydrogen-bond donors (Lipinski definition) is 1. The summed E-state index contributed by atoms with van der Waals surface area (Å²) in [4.78, 5) is 38.1. The average molecular weight is 269 g/mol. The van der Waals surface area contributed by atoms with Crippen molar-refractivity contribution in [3.63, 3.8) is 0 Å². The summed E-state index contributed by atoms with van der Waals surface area (Å²) in [5, 5.41) is 3.00. The van der Waals surface area contributed by atoms with Crippen LogP contribution in [0.1, 0.15) is 33.6 Å². The summed E-state index contributed by atoms with van der Waals surface area (Å²) < 4.78 is 0. The van der Waals surface area contributed by atoms with Crippen molar-refractivity contribution in [1.29, 1.82) is 0 Å². The number of nitrogens with zero attached hydrogens (tertiary/aromatic N) is 2. The van der Waals surface area contributed by atoms with Gasteiger partial charge >= 0.3 is 0 Å². The fourth-order valence-corrected chi connectivity index (χ4v) is 2.26. The molecule has 1 unspecified atom stereocenters. The third kappa shape index (κ3) is 3.76. The molecule has 1 atom stereocenters. The Bertz CT molecular complexity index is 353. The minimum Gasteiger partial charge on any atom is -0.343 e. The number of likely N-dealkylation sites (N-methyl/N-ethyl adjacent to an activating group) is 1. The molecule has 0 saturated carbocycles. The number of carbonyl (C=O) groups is 3. The van der Waals surface area contributed by atoms with Gasteiger partial charge in [0.05, 0.1) is 12.5 Å². The second-order valence-electron chi connectivity index (χ2n) is 4.50. The zero-order valence-corrected chi connectivity index (χ0v) is 11.9. The number of carbonyl (C=O) groups excluding carboxylic acids is 3. The van der Waals surface area contributed by atoms with Crippen LogP contribution in [0.25, 0.3) is 0 Å². The second-order valence-corrected chi connectivity index (χ2v) is 4.50. The molecule has 1 N–H and O–H groups in total. The predicted octanol–water partition coefficient (Wildman–Crippen LogP) is -0.0181. The minimum atomic E-state index is -0.461. The van der Waals surface area contributed by atoms with Crippen LogP contribution in [-0.4, -0.2) is 59.7 Å². The summed E-state index contributed by atoms with van der Waals surface area (Å²) >= 11 is 0. The van der Waals surface area contributed by atoms with Gasteiger partial charge in [0, 0.05) is 32.6 Å². The zero-order chi connectivity index (χ0) is 14.4. The van der Waals surface area contributed by atoms with Crippen LogP contribution in [0.15, 0.2) is 0 Å². The van der Waals surface area contributed by atoms with Gasteiger partial charge in [-0.2, -0.15) is 0 Å². The fourth-order valence-electron chi connectivity index (χ4n) is 2.26. The summed E-state index contributed by atoms with van der Waals surface area (Å²) in [5.41, 5.74) is 0. The van der Waals surface area contributed by atoms with E-state index in [9.17, 15) is 14.4 Å². The highest BCUT2D eigenvalue weighted by molar-refractivity contribution is 6.05. The molecule has 19 heavy (non-hydrogen) atoms. The smallest absolute Gasteiger partial charge is 0.246 e. The number of nitrogens with one attached hydrogen (secondary N) is 1. The summed E-state index contributed by atoms with van der Waals surface area (Å²) in [6.45, 7) is 7.88. The lowest BCUT2D eigenvalue weighted by atomic mass is 10.2. The van der Waals surface area contributed by atoms with Crippen molar-refractivity contribution in [3.8, 4) is 0 Å². The molecule has 0 spiro atoms. The maximum atomic E-state index is 11.8. The van der Waals surface area contributed by atoms with Crippen LogP contribution in [0.3, 0.4) is 0 Å². The topological polar surface area (TPSA) is 69.7 Å². The molecule has 0 aliphatic carbocycles. The van der Waals surface area contributed by atoms with E-state index < -0.39 is 6.04 Å². The van der Waals surface area contributed by atoms with Gasteiger partial charge in [-0.25, -0.2) is 0 Å². The van der Waals surface area contributed by atoms with Gasteiger partial charge in [-0.1, -0.05) is 0 Å². The quantitative estimate of drug-likeness (QED) is 0.660. The van der Waals surface area contributed by atoms with E-state index in [1.807, 2.05) is 13.8 Å². The van der Waals surface area contributed by atoms with Gasteiger partial charge in [-0.15, -0.1) is 0 Å². The number of amides is 3. The lowest BCUT2D eigenvalue weighted by Gasteiger charge is -2.19. The first-order valence-electron chi connectivity index (χ1n) is 6.90. The molecule has 0 aromatic heterocycles. The van der Waals surface area contributed by atoms with Gasteiger partial charge in [0.15, 0.2) is 0 Å².